The third-order valence-electron chi connectivity index (χ3n) is 5.27. The van der Waals surface area contributed by atoms with Crippen molar-refractivity contribution in [2.45, 2.75) is 19.9 Å². The van der Waals surface area contributed by atoms with Crippen LogP contribution in [0.25, 0.3) is 16.8 Å². The predicted molar refractivity (Wildman–Crippen MR) is 118 cm³/mol. The molecule has 9 heteroatoms. The van der Waals surface area contributed by atoms with E-state index in [4.69, 9.17) is 9.47 Å². The molecule has 9 nitrogen and oxygen atoms in total. The minimum absolute atomic E-state index is 0.227. The largest absolute Gasteiger partial charge is 0.486 e. The molecule has 0 atom stereocenters. The molecular weight excluding hydrogens is 410 g/mol. The Kier molecular flexibility index (Phi) is 5.06. The van der Waals surface area contributed by atoms with Crippen molar-refractivity contribution >= 4 is 17.1 Å². The van der Waals surface area contributed by atoms with Gasteiger partial charge in [0.1, 0.15) is 31.6 Å². The topological polar surface area (TPSA) is 99.8 Å². The standard InChI is InChI=1S/C23H21N5O4/c1-2-15-3-5-16(6-4-15)18-12-19-23(30)27(24-14-28(19)26-18)13-22(29)25-17-7-8-20-21(11-17)32-10-9-31-20/h3-8,11-12,14H,2,9-10,13H2,1H3,(H,25,29). The average Bonchev–Trinajstić information content (AvgIpc) is 3.26. The minimum Gasteiger partial charge on any atom is -0.486 e. The summed E-state index contributed by atoms with van der Waals surface area (Å²) in [5.74, 6) is 0.832. The Morgan fingerprint density at radius 2 is 1.84 bits per heavy atom. The van der Waals surface area contributed by atoms with Crippen LogP contribution in [0.1, 0.15) is 12.5 Å². The van der Waals surface area contributed by atoms with Crippen LogP contribution in [-0.4, -0.2) is 38.5 Å². The molecule has 0 saturated carbocycles. The number of fused-ring (bicyclic) bond motifs is 2. The monoisotopic (exact) mass is 431 g/mol. The lowest BCUT2D eigenvalue weighted by Crippen LogP contribution is -2.30. The quantitative estimate of drug-likeness (QED) is 0.521. The Labute approximate surface area is 183 Å². The highest BCUT2D eigenvalue weighted by atomic mass is 16.6. The van der Waals surface area contributed by atoms with Gasteiger partial charge in [-0.25, -0.2) is 9.20 Å². The molecule has 5 rings (SSSR count). The van der Waals surface area contributed by atoms with E-state index in [0.717, 1.165) is 16.7 Å². The number of benzene rings is 2. The van der Waals surface area contributed by atoms with Gasteiger partial charge in [-0.15, -0.1) is 0 Å². The summed E-state index contributed by atoms with van der Waals surface area (Å²) < 4.78 is 13.6. The van der Waals surface area contributed by atoms with Crippen LogP contribution in [-0.2, 0) is 17.8 Å². The van der Waals surface area contributed by atoms with Crippen molar-refractivity contribution in [2.24, 2.45) is 0 Å². The van der Waals surface area contributed by atoms with Crippen LogP contribution in [0.4, 0.5) is 5.69 Å². The van der Waals surface area contributed by atoms with Crippen LogP contribution >= 0.6 is 0 Å². The molecule has 32 heavy (non-hydrogen) atoms. The van der Waals surface area contributed by atoms with Crippen LogP contribution < -0.4 is 20.3 Å². The minimum atomic E-state index is -0.395. The van der Waals surface area contributed by atoms with Gasteiger partial charge in [0.15, 0.2) is 11.5 Å². The fraction of sp³-hybridized carbons (Fsp3) is 0.217. The maximum Gasteiger partial charge on any atom is 0.293 e. The summed E-state index contributed by atoms with van der Waals surface area (Å²) in [6, 6.07) is 14.9. The molecule has 1 N–H and O–H groups in total. The van der Waals surface area contributed by atoms with Gasteiger partial charge >= 0.3 is 0 Å². The number of hydrogen-bond acceptors (Lipinski definition) is 6. The first-order valence-corrected chi connectivity index (χ1v) is 10.3. The second-order valence-corrected chi connectivity index (χ2v) is 7.41. The van der Waals surface area contributed by atoms with Gasteiger partial charge in [-0.05, 0) is 30.2 Å². The van der Waals surface area contributed by atoms with Crippen molar-refractivity contribution in [2.75, 3.05) is 18.5 Å². The lowest BCUT2D eigenvalue weighted by Gasteiger charge is -2.19. The van der Waals surface area contributed by atoms with Gasteiger partial charge in [0.25, 0.3) is 5.56 Å². The highest BCUT2D eigenvalue weighted by Gasteiger charge is 2.15. The third kappa shape index (κ3) is 3.80. The fourth-order valence-corrected chi connectivity index (χ4v) is 3.56. The van der Waals surface area contributed by atoms with E-state index in [0.29, 0.717) is 41.6 Å². The van der Waals surface area contributed by atoms with E-state index in [9.17, 15) is 9.59 Å². The van der Waals surface area contributed by atoms with Crippen molar-refractivity contribution < 1.29 is 14.3 Å². The number of amides is 1. The number of nitrogens with zero attached hydrogens (tertiary/aromatic N) is 4. The summed E-state index contributed by atoms with van der Waals surface area (Å²) in [5.41, 5.74) is 3.31. The van der Waals surface area contributed by atoms with Crippen LogP contribution in [0.5, 0.6) is 11.5 Å². The van der Waals surface area contributed by atoms with Crippen molar-refractivity contribution in [3.8, 4) is 22.8 Å². The molecule has 4 aromatic rings. The molecular formula is C23H21N5O4. The normalized spacial score (nSPS) is 12.7. The van der Waals surface area contributed by atoms with E-state index >= 15 is 0 Å². The first-order valence-electron chi connectivity index (χ1n) is 10.3. The Morgan fingerprint density at radius 3 is 2.62 bits per heavy atom. The summed E-state index contributed by atoms with van der Waals surface area (Å²) in [6.07, 6.45) is 2.38. The molecule has 162 valence electrons. The van der Waals surface area contributed by atoms with E-state index in [1.807, 2.05) is 24.3 Å². The average molecular weight is 431 g/mol. The molecule has 0 spiro atoms. The number of aryl methyl sites for hydroxylation is 1. The van der Waals surface area contributed by atoms with Crippen molar-refractivity contribution in [3.05, 3.63) is 70.8 Å². The van der Waals surface area contributed by atoms with Crippen molar-refractivity contribution in [1.82, 2.24) is 19.4 Å². The van der Waals surface area contributed by atoms with Gasteiger partial charge in [-0.2, -0.15) is 10.2 Å². The number of carbonyl (C=O) groups is 1. The molecule has 3 heterocycles. The van der Waals surface area contributed by atoms with Crippen molar-refractivity contribution in [3.63, 3.8) is 0 Å². The molecule has 2 aromatic heterocycles. The first-order chi connectivity index (χ1) is 15.6. The molecule has 1 aliphatic rings. The number of anilines is 1. The predicted octanol–water partition coefficient (Wildman–Crippen LogP) is 2.53. The van der Waals surface area contributed by atoms with Crippen LogP contribution in [0.15, 0.2) is 59.7 Å². The second kappa shape index (κ2) is 8.18. The number of carbonyl (C=O) groups excluding carboxylic acids is 1. The molecule has 0 unspecified atom stereocenters. The SMILES string of the molecule is CCc1ccc(-c2cc3c(=O)n(CC(=O)Nc4ccc5c(c4)OCCO5)ncn3n2)cc1. The van der Waals surface area contributed by atoms with Crippen LogP contribution in [0.2, 0.25) is 0 Å². The number of rotatable bonds is 5. The summed E-state index contributed by atoms with van der Waals surface area (Å²) in [7, 11) is 0. The zero-order valence-electron chi connectivity index (χ0n) is 17.4. The molecule has 0 saturated heterocycles. The first kappa shape index (κ1) is 19.8. The highest BCUT2D eigenvalue weighted by Crippen LogP contribution is 2.32. The van der Waals surface area contributed by atoms with Crippen LogP contribution in [0.3, 0.4) is 0 Å². The summed E-state index contributed by atoms with van der Waals surface area (Å²) >= 11 is 0. The highest BCUT2D eigenvalue weighted by molar-refractivity contribution is 5.91. The Hall–Kier alpha value is -4.14. The molecule has 1 amide bonds. The second-order valence-electron chi connectivity index (χ2n) is 7.41. The number of hydrogen-bond donors (Lipinski definition) is 1. The summed E-state index contributed by atoms with van der Waals surface area (Å²) in [4.78, 5) is 25.4. The van der Waals surface area contributed by atoms with Gasteiger partial charge in [-0.3, -0.25) is 9.59 Å². The van der Waals surface area contributed by atoms with E-state index in [-0.39, 0.29) is 12.5 Å². The number of nitrogens with one attached hydrogen (secondary N) is 1. The fourth-order valence-electron chi connectivity index (χ4n) is 3.56. The zero-order chi connectivity index (χ0) is 22.1. The molecule has 0 aliphatic carbocycles. The molecule has 0 fully saturated rings. The van der Waals surface area contributed by atoms with Crippen LogP contribution in [0, 0.1) is 0 Å². The van der Waals surface area contributed by atoms with Gasteiger partial charge in [0.05, 0.1) is 5.69 Å². The molecule has 1 aliphatic heterocycles. The zero-order valence-corrected chi connectivity index (χ0v) is 17.4. The number of aromatic nitrogens is 4. The van der Waals surface area contributed by atoms with E-state index in [2.05, 4.69) is 22.4 Å². The Morgan fingerprint density at radius 1 is 1.06 bits per heavy atom. The van der Waals surface area contributed by atoms with E-state index < -0.39 is 5.56 Å². The maximum absolute atomic E-state index is 12.9. The third-order valence-corrected chi connectivity index (χ3v) is 5.27. The lowest BCUT2D eigenvalue weighted by molar-refractivity contribution is -0.117. The summed E-state index contributed by atoms with van der Waals surface area (Å²) in [6.45, 7) is 2.82. The number of ether oxygens (including phenoxy) is 2. The Balaban J connectivity index is 1.35. The summed E-state index contributed by atoms with van der Waals surface area (Å²) in [5, 5.41) is 11.3. The molecule has 0 bridgehead atoms. The van der Waals surface area contributed by atoms with Gasteiger partial charge in [0, 0.05) is 17.3 Å². The van der Waals surface area contributed by atoms with E-state index in [1.165, 1.54) is 16.4 Å². The van der Waals surface area contributed by atoms with Crippen molar-refractivity contribution in [1.29, 1.82) is 0 Å². The van der Waals surface area contributed by atoms with Gasteiger partial charge in [-0.1, -0.05) is 31.2 Å². The smallest absolute Gasteiger partial charge is 0.293 e. The van der Waals surface area contributed by atoms with Gasteiger partial charge in [0.2, 0.25) is 5.91 Å². The van der Waals surface area contributed by atoms with Gasteiger partial charge < -0.3 is 14.8 Å². The molecule has 2 aromatic carbocycles. The lowest BCUT2D eigenvalue weighted by atomic mass is 10.1. The van der Waals surface area contributed by atoms with E-state index in [1.54, 1.807) is 24.3 Å². The maximum atomic E-state index is 12.9. The molecule has 0 radical (unpaired) electrons. The Bertz CT molecular complexity index is 1360.